The van der Waals surface area contributed by atoms with E-state index in [1.807, 2.05) is 22.2 Å². The number of carbonyl (C=O) groups excluding carboxylic acids is 1. The second-order valence-corrected chi connectivity index (χ2v) is 10.9. The Morgan fingerprint density at radius 2 is 1.95 bits per heavy atom. The van der Waals surface area contributed by atoms with Crippen molar-refractivity contribution in [3.63, 3.8) is 0 Å². The number of alkyl halides is 3. The number of hydrogen-bond donors (Lipinski definition) is 1. The minimum absolute atomic E-state index is 0.00653. The number of nitrogens with two attached hydrogens (primary N) is 1. The molecule has 1 aromatic carbocycles. The van der Waals surface area contributed by atoms with Crippen LogP contribution in [-0.4, -0.2) is 62.3 Å². The van der Waals surface area contributed by atoms with E-state index in [1.54, 1.807) is 18.2 Å². The van der Waals surface area contributed by atoms with Crippen molar-refractivity contribution >= 4 is 28.0 Å². The number of amides is 1. The van der Waals surface area contributed by atoms with Crippen LogP contribution in [0.1, 0.15) is 42.2 Å². The second-order valence-electron chi connectivity index (χ2n) is 10.9. The third-order valence-corrected chi connectivity index (χ3v) is 7.68. The summed E-state index contributed by atoms with van der Waals surface area (Å²) < 4.78 is 51.9. The number of nitrogens with zero attached hydrogens (tertiary/aromatic N) is 5. The van der Waals surface area contributed by atoms with E-state index < -0.39 is 18.1 Å². The van der Waals surface area contributed by atoms with Crippen molar-refractivity contribution in [2.45, 2.75) is 50.9 Å². The minimum Gasteiger partial charge on any atom is -0.494 e. The fraction of sp³-hybridized carbons (Fsp3) is 0.464. The number of imidazole rings is 1. The number of ether oxygens (including phenoxy) is 1. The molecule has 1 aliphatic heterocycles. The molecule has 3 aromatic heterocycles. The average molecular weight is 541 g/mol. The molecule has 1 aliphatic carbocycles. The summed E-state index contributed by atoms with van der Waals surface area (Å²) in [4.78, 5) is 24.0. The first-order valence-electron chi connectivity index (χ1n) is 13.2. The highest BCUT2D eigenvalue weighted by atomic mass is 19.3. The Balaban J connectivity index is 1.48. The topological polar surface area (TPSA) is 91.2 Å². The fourth-order valence-corrected chi connectivity index (χ4v) is 5.54. The molecule has 8 nitrogen and oxygen atoms in total. The van der Waals surface area contributed by atoms with Crippen LogP contribution in [0, 0.1) is 5.92 Å². The number of fused-ring (bicyclic) bond motifs is 2. The monoisotopic (exact) mass is 540 g/mol. The molecular weight excluding hydrogens is 509 g/mol. The zero-order valence-corrected chi connectivity index (χ0v) is 22.1. The Kier molecular flexibility index (Phi) is 6.09. The van der Waals surface area contributed by atoms with Gasteiger partial charge in [-0.3, -0.25) is 4.79 Å². The molecule has 0 bridgehead atoms. The maximum absolute atomic E-state index is 14.1. The van der Waals surface area contributed by atoms with Crippen molar-refractivity contribution in [1.82, 2.24) is 24.0 Å². The van der Waals surface area contributed by atoms with Gasteiger partial charge in [-0.2, -0.15) is 8.78 Å². The molecule has 39 heavy (non-hydrogen) atoms. The summed E-state index contributed by atoms with van der Waals surface area (Å²) in [5.74, 6) is -1.89. The van der Waals surface area contributed by atoms with Gasteiger partial charge in [0.1, 0.15) is 28.8 Å². The van der Waals surface area contributed by atoms with Gasteiger partial charge in [0.05, 0.1) is 24.9 Å². The maximum atomic E-state index is 14.1. The number of hydrogen-bond acceptors (Lipinski definition) is 5. The first-order chi connectivity index (χ1) is 18.5. The molecule has 1 saturated carbocycles. The lowest BCUT2D eigenvalue weighted by Gasteiger charge is -2.33. The number of piperidine rings is 1. The Morgan fingerprint density at radius 1 is 1.18 bits per heavy atom. The summed E-state index contributed by atoms with van der Waals surface area (Å²) in [7, 11) is 3.37. The van der Waals surface area contributed by atoms with Crippen molar-refractivity contribution in [1.29, 1.82) is 0 Å². The van der Waals surface area contributed by atoms with Crippen LogP contribution in [0.3, 0.4) is 0 Å². The van der Waals surface area contributed by atoms with E-state index in [2.05, 4.69) is 4.98 Å². The van der Waals surface area contributed by atoms with Crippen LogP contribution >= 0.6 is 0 Å². The van der Waals surface area contributed by atoms with Crippen LogP contribution in [-0.2, 0) is 19.5 Å². The highest BCUT2D eigenvalue weighted by Gasteiger charge is 2.31. The normalized spacial score (nSPS) is 20.2. The number of carbonyl (C=O) groups is 1. The van der Waals surface area contributed by atoms with Crippen molar-refractivity contribution in [2.75, 3.05) is 20.2 Å². The predicted octanol–water partition coefficient (Wildman–Crippen LogP) is 4.63. The highest BCUT2D eigenvalue weighted by molar-refractivity contribution is 6.00. The lowest BCUT2D eigenvalue weighted by Crippen LogP contribution is -2.50. The molecular formula is C28H31F3N6O2. The van der Waals surface area contributed by atoms with Gasteiger partial charge >= 0.3 is 0 Å². The summed E-state index contributed by atoms with van der Waals surface area (Å²) in [6.45, 7) is 1.76. The number of rotatable bonds is 6. The van der Waals surface area contributed by atoms with Gasteiger partial charge in [-0.05, 0) is 55.5 Å². The van der Waals surface area contributed by atoms with E-state index in [1.165, 1.54) is 18.1 Å². The first-order valence-corrected chi connectivity index (χ1v) is 13.2. The zero-order chi connectivity index (χ0) is 27.6. The smallest absolute Gasteiger partial charge is 0.287 e. The highest BCUT2D eigenvalue weighted by Crippen LogP contribution is 2.38. The quantitative estimate of drug-likeness (QED) is 0.385. The summed E-state index contributed by atoms with van der Waals surface area (Å²) in [6.07, 6.45) is 1.21. The van der Waals surface area contributed by atoms with Crippen molar-refractivity contribution < 1.29 is 22.7 Å². The third kappa shape index (κ3) is 4.62. The van der Waals surface area contributed by atoms with E-state index in [0.717, 1.165) is 30.8 Å². The molecule has 4 heterocycles. The molecule has 2 N–H and O–H groups in total. The summed E-state index contributed by atoms with van der Waals surface area (Å²) in [5.41, 5.74) is 8.47. The molecule has 0 unspecified atom stereocenters. The van der Waals surface area contributed by atoms with Gasteiger partial charge in [0.25, 0.3) is 11.8 Å². The van der Waals surface area contributed by atoms with Gasteiger partial charge in [-0.15, -0.1) is 0 Å². The number of pyridine rings is 1. The summed E-state index contributed by atoms with van der Waals surface area (Å²) in [5, 5.41) is 0.746. The number of likely N-dealkylation sites (tertiary alicyclic amines) is 1. The van der Waals surface area contributed by atoms with Gasteiger partial charge < -0.3 is 24.5 Å². The fourth-order valence-electron chi connectivity index (χ4n) is 5.54. The lowest BCUT2D eigenvalue weighted by atomic mass is 10.0. The molecule has 0 spiro atoms. The first kappa shape index (κ1) is 25.7. The SMILES string of the molecule is COc1cc(C(=O)N2C[C@H](N)C[C@@H](F)C2)cc2nc(-c3cc4ccc(C(C)(F)F)nc4n3CC3CC3)n(C)c12. The van der Waals surface area contributed by atoms with Gasteiger partial charge in [0.15, 0.2) is 5.82 Å². The number of aromatic nitrogens is 4. The minimum atomic E-state index is -3.06. The molecule has 0 radical (unpaired) electrons. The van der Waals surface area contributed by atoms with E-state index >= 15 is 0 Å². The van der Waals surface area contributed by atoms with Crippen molar-refractivity contribution in [3.8, 4) is 17.3 Å². The number of halogens is 3. The molecule has 1 amide bonds. The van der Waals surface area contributed by atoms with E-state index in [4.69, 9.17) is 15.5 Å². The van der Waals surface area contributed by atoms with E-state index in [0.29, 0.717) is 46.3 Å². The summed E-state index contributed by atoms with van der Waals surface area (Å²) >= 11 is 0. The molecule has 2 atom stereocenters. The standard InChI is InChI=1S/C28H31F3N6O2/c1-28(30,31)23-7-6-16-9-21(37(25(16)34-23)12-15-4-5-15)26-33-20-8-17(10-22(39-3)24(20)35(26)2)27(38)36-13-18(29)11-19(32)14-36/h6-10,15,18-19H,4-5,11-14,32H2,1-3H3/t18-,19-/m1/s1. The van der Waals surface area contributed by atoms with Gasteiger partial charge in [0.2, 0.25) is 0 Å². The molecule has 2 aliphatic rings. The van der Waals surface area contributed by atoms with Crippen LogP contribution < -0.4 is 10.5 Å². The Morgan fingerprint density at radius 3 is 2.62 bits per heavy atom. The van der Waals surface area contributed by atoms with E-state index in [9.17, 15) is 18.0 Å². The number of methoxy groups -OCH3 is 1. The number of benzene rings is 1. The number of aryl methyl sites for hydroxylation is 1. The van der Waals surface area contributed by atoms with Crippen molar-refractivity contribution in [2.24, 2.45) is 18.7 Å². The predicted molar refractivity (Wildman–Crippen MR) is 142 cm³/mol. The molecule has 2 fully saturated rings. The Bertz CT molecular complexity index is 1580. The molecule has 11 heteroatoms. The zero-order valence-electron chi connectivity index (χ0n) is 22.1. The maximum Gasteiger partial charge on any atom is 0.287 e. The molecule has 4 aromatic rings. The van der Waals surface area contributed by atoms with Crippen molar-refractivity contribution in [3.05, 3.63) is 41.6 Å². The van der Waals surface area contributed by atoms with Crippen LogP contribution in [0.5, 0.6) is 5.75 Å². The average Bonchev–Trinajstić information content (AvgIpc) is 3.55. The molecule has 1 saturated heterocycles. The van der Waals surface area contributed by atoms with Crippen LogP contribution in [0.15, 0.2) is 30.3 Å². The lowest BCUT2D eigenvalue weighted by molar-refractivity contribution is 0.0130. The third-order valence-electron chi connectivity index (χ3n) is 7.68. The molecule has 206 valence electrons. The van der Waals surface area contributed by atoms with Gasteiger partial charge in [-0.25, -0.2) is 14.4 Å². The molecule has 6 rings (SSSR count). The van der Waals surface area contributed by atoms with Crippen LogP contribution in [0.4, 0.5) is 13.2 Å². The summed E-state index contributed by atoms with van der Waals surface area (Å²) in [6, 6.07) is 7.85. The largest absolute Gasteiger partial charge is 0.494 e. The Hall–Kier alpha value is -3.60. The van der Waals surface area contributed by atoms with Crippen LogP contribution in [0.2, 0.25) is 0 Å². The van der Waals surface area contributed by atoms with E-state index in [-0.39, 0.29) is 31.1 Å². The van der Waals surface area contributed by atoms with Gasteiger partial charge in [-0.1, -0.05) is 0 Å². The Labute approximate surface area is 223 Å². The van der Waals surface area contributed by atoms with Gasteiger partial charge in [0, 0.05) is 44.1 Å². The second kappa shape index (κ2) is 9.25. The van der Waals surface area contributed by atoms with Crippen LogP contribution in [0.25, 0.3) is 33.6 Å².